The van der Waals surface area contributed by atoms with E-state index in [1.54, 1.807) is 51.1 Å². The summed E-state index contributed by atoms with van der Waals surface area (Å²) in [5.74, 6) is 12.1. The van der Waals surface area contributed by atoms with E-state index in [2.05, 4.69) is 54.4 Å². The van der Waals surface area contributed by atoms with Gasteiger partial charge in [-0.15, -0.1) is 0 Å². The molecule has 4 heterocycles. The van der Waals surface area contributed by atoms with Gasteiger partial charge >= 0.3 is 0 Å². The number of fused-ring (bicyclic) bond motifs is 5. The number of carbonyl (C=O) groups excluding carboxylic acids is 2. The lowest BCUT2D eigenvalue weighted by Gasteiger charge is -2.50. The van der Waals surface area contributed by atoms with Crippen molar-refractivity contribution < 1.29 is 43.9 Å². The second kappa shape index (κ2) is 16.0. The summed E-state index contributed by atoms with van der Waals surface area (Å²) in [6.45, 7) is 13.9. The number of Topliss-reactive ketones (excluding diaryl/α,β-unsaturated/α-hetero) is 2. The second-order valence-electron chi connectivity index (χ2n) is 16.5. The van der Waals surface area contributed by atoms with E-state index in [1.807, 2.05) is 13.0 Å². The Bertz CT molecular complexity index is 2300. The lowest BCUT2D eigenvalue weighted by atomic mass is 9.70. The molecule has 11 heteroatoms. The molecule has 2 aliphatic carbocycles. The molecule has 2 bridgehead atoms. The van der Waals surface area contributed by atoms with Gasteiger partial charge in [0.15, 0.2) is 29.7 Å². The zero-order valence-corrected chi connectivity index (χ0v) is 33.6. The number of phenolic OH excluding ortho intramolecular Hbond substituents is 1. The van der Waals surface area contributed by atoms with Crippen LogP contribution in [0.5, 0.6) is 5.75 Å². The molecule has 0 spiro atoms. The predicted molar refractivity (Wildman–Crippen MR) is 215 cm³/mol. The first-order valence-electron chi connectivity index (χ1n) is 19.9. The molecule has 4 N–H and O–H groups in total. The summed E-state index contributed by atoms with van der Waals surface area (Å²) in [7, 11) is 0. The first kappa shape index (κ1) is 40.6. The Kier molecular flexibility index (Phi) is 11.4. The van der Waals surface area contributed by atoms with Gasteiger partial charge in [-0.1, -0.05) is 57.5 Å². The number of aromatic amines is 1. The normalized spacial score (nSPS) is 34.2. The smallest absolute Gasteiger partial charge is 0.194 e. The van der Waals surface area contributed by atoms with Gasteiger partial charge in [-0.2, -0.15) is 0 Å². The molecule has 11 nitrogen and oxygen atoms in total. The van der Waals surface area contributed by atoms with Crippen molar-refractivity contribution in [3.63, 3.8) is 0 Å². The highest BCUT2D eigenvalue weighted by Crippen LogP contribution is 2.45. The third kappa shape index (κ3) is 7.49. The molecule has 0 amide bonds. The van der Waals surface area contributed by atoms with Crippen molar-refractivity contribution in [2.24, 2.45) is 23.2 Å². The summed E-state index contributed by atoms with van der Waals surface area (Å²) < 4.78 is 26.4. The van der Waals surface area contributed by atoms with Crippen LogP contribution in [0, 0.1) is 46.9 Å². The standard InChI is InChI=1S/C46H52N2O9/c1-8-13-33-38-27(5)35(50)23-46(33,53)18-12-10-9-11-14-36(38)56-44-41(57-37-21-26(4)29(24-54-37)20-25(2)3)43(52)45(7,28(6)55-44)42(51)40-39-31(17-19-47-40)32-22-30(49)15-16-34(32)48-39/h9-10,13,15-17,19,22,25-26,28-29,36-37,41,43-44,48-49,52-53H,8,20-21,23-24H2,1-7H3/b10-9-,33-13+/t26?,28?,29?,36-,37?,41?,43?,44?,45?,46-/m0/s1. The van der Waals surface area contributed by atoms with Crippen LogP contribution in [0.25, 0.3) is 21.8 Å². The van der Waals surface area contributed by atoms with Gasteiger partial charge < -0.3 is 39.3 Å². The average Bonchev–Trinajstić information content (AvgIpc) is 3.54. The van der Waals surface area contributed by atoms with E-state index in [-0.39, 0.29) is 29.6 Å². The first-order chi connectivity index (χ1) is 27.2. The monoisotopic (exact) mass is 776 g/mol. The number of carbonyl (C=O) groups is 2. The van der Waals surface area contributed by atoms with E-state index in [0.717, 1.165) is 11.8 Å². The minimum absolute atomic E-state index is 0.0835. The molecular weight excluding hydrogens is 725 g/mol. The lowest BCUT2D eigenvalue weighted by molar-refractivity contribution is -0.339. The average molecular weight is 777 g/mol. The second-order valence-corrected chi connectivity index (χ2v) is 16.5. The van der Waals surface area contributed by atoms with E-state index in [0.29, 0.717) is 64.4 Å². The van der Waals surface area contributed by atoms with Gasteiger partial charge in [-0.25, -0.2) is 0 Å². The molecule has 10 atom stereocenters. The number of ketones is 2. The van der Waals surface area contributed by atoms with Gasteiger partial charge in [0.25, 0.3) is 0 Å². The zero-order chi connectivity index (χ0) is 40.8. The van der Waals surface area contributed by atoms with E-state index in [1.165, 1.54) is 12.3 Å². The number of hydrogen-bond acceptors (Lipinski definition) is 10. The minimum Gasteiger partial charge on any atom is -0.508 e. The number of ether oxygens (including phenoxy) is 4. The number of allylic oxidation sites excluding steroid dienone is 4. The number of aliphatic hydroxyl groups is 2. The summed E-state index contributed by atoms with van der Waals surface area (Å²) in [5, 5.41) is 36.1. The molecule has 57 heavy (non-hydrogen) atoms. The van der Waals surface area contributed by atoms with Crippen molar-refractivity contribution in [3.05, 3.63) is 71.1 Å². The number of H-pyrrole nitrogens is 1. The van der Waals surface area contributed by atoms with E-state index in [9.17, 15) is 24.9 Å². The van der Waals surface area contributed by atoms with Crippen molar-refractivity contribution in [1.82, 2.24) is 9.97 Å². The molecule has 2 aliphatic heterocycles. The summed E-state index contributed by atoms with van der Waals surface area (Å²) in [5.41, 5.74) is -0.951. The van der Waals surface area contributed by atoms with Gasteiger partial charge in [-0.05, 0) is 98.9 Å². The van der Waals surface area contributed by atoms with Crippen LogP contribution < -0.4 is 0 Å². The predicted octanol–water partition coefficient (Wildman–Crippen LogP) is 6.47. The molecule has 2 aromatic heterocycles. The highest BCUT2D eigenvalue weighted by atomic mass is 16.7. The van der Waals surface area contributed by atoms with Gasteiger partial charge in [0.05, 0.1) is 30.1 Å². The third-order valence-corrected chi connectivity index (χ3v) is 12.2. The SMILES string of the molecule is CC/C=C1\C2=C(C)C(=O)C[C@@]1(O)C#C/C=C\C#C[C@@H]2OC1OC(C)C(C)(C(=O)c2nccc3c2[nH]c2ccc(O)cc23)C(O)C1OC1CC(C)C(CC(C)C)CO1. The maximum absolute atomic E-state index is 14.9. The maximum Gasteiger partial charge on any atom is 0.194 e. The number of aliphatic hydroxyl groups excluding tert-OH is 1. The number of benzene rings is 1. The van der Waals surface area contributed by atoms with Crippen molar-refractivity contribution >= 4 is 33.4 Å². The Labute approximate surface area is 333 Å². The van der Waals surface area contributed by atoms with Crippen LogP contribution in [0.15, 0.2) is 65.4 Å². The molecule has 300 valence electrons. The highest BCUT2D eigenvalue weighted by molar-refractivity contribution is 6.16. The van der Waals surface area contributed by atoms with Crippen molar-refractivity contribution in [2.75, 3.05) is 6.61 Å². The van der Waals surface area contributed by atoms with Crippen molar-refractivity contribution in [1.29, 1.82) is 0 Å². The molecule has 2 saturated heterocycles. The number of aromatic hydroxyl groups is 1. The molecule has 0 saturated carbocycles. The van der Waals surface area contributed by atoms with Crippen LogP contribution in [0.2, 0.25) is 0 Å². The molecule has 4 aliphatic rings. The molecule has 2 fully saturated rings. The number of aromatic nitrogens is 2. The summed E-state index contributed by atoms with van der Waals surface area (Å²) >= 11 is 0. The number of hydrogen-bond donors (Lipinski definition) is 4. The van der Waals surface area contributed by atoms with Crippen LogP contribution in [0.1, 0.15) is 84.6 Å². The number of nitrogens with one attached hydrogen (secondary N) is 1. The Morgan fingerprint density at radius 1 is 1.16 bits per heavy atom. The minimum atomic E-state index is -1.78. The highest BCUT2D eigenvalue weighted by Gasteiger charge is 2.59. The van der Waals surface area contributed by atoms with Crippen LogP contribution in [0.4, 0.5) is 0 Å². The fourth-order valence-corrected chi connectivity index (χ4v) is 8.74. The zero-order valence-electron chi connectivity index (χ0n) is 33.6. The molecular formula is C46H52N2O9. The number of rotatable bonds is 9. The molecule has 8 unspecified atom stereocenters. The Balaban J connectivity index is 1.29. The quantitative estimate of drug-likeness (QED) is 0.140. The van der Waals surface area contributed by atoms with Gasteiger partial charge in [-0.3, -0.25) is 14.6 Å². The Morgan fingerprint density at radius 3 is 2.67 bits per heavy atom. The molecule has 7 rings (SSSR count). The number of nitrogens with zero attached hydrogens (tertiary/aromatic N) is 1. The third-order valence-electron chi connectivity index (χ3n) is 12.2. The Morgan fingerprint density at radius 2 is 1.93 bits per heavy atom. The van der Waals surface area contributed by atoms with Crippen LogP contribution in [0.3, 0.4) is 0 Å². The van der Waals surface area contributed by atoms with Gasteiger partial charge in [0.1, 0.15) is 29.8 Å². The van der Waals surface area contributed by atoms with Crippen molar-refractivity contribution in [2.45, 2.75) is 117 Å². The van der Waals surface area contributed by atoms with Gasteiger partial charge in [0.2, 0.25) is 0 Å². The molecule has 0 radical (unpaired) electrons. The van der Waals surface area contributed by atoms with Crippen LogP contribution >= 0.6 is 0 Å². The summed E-state index contributed by atoms with van der Waals surface area (Å²) in [6.07, 6.45) is 1.33. The number of phenols is 1. The van der Waals surface area contributed by atoms with Gasteiger partial charge in [0, 0.05) is 34.5 Å². The topological polar surface area (TPSA) is 160 Å². The first-order valence-corrected chi connectivity index (χ1v) is 19.9. The number of pyridine rings is 1. The lowest BCUT2D eigenvalue weighted by Crippen LogP contribution is -2.65. The molecule has 3 aromatic rings. The molecule has 1 aromatic carbocycles. The fourth-order valence-electron chi connectivity index (χ4n) is 8.74. The largest absolute Gasteiger partial charge is 0.508 e. The Hall–Kier alpha value is -4.59. The summed E-state index contributed by atoms with van der Waals surface area (Å²) in [6, 6.07) is 6.68. The van der Waals surface area contributed by atoms with Crippen LogP contribution in [-0.2, 0) is 23.7 Å². The summed E-state index contributed by atoms with van der Waals surface area (Å²) in [4.78, 5) is 36.2. The van der Waals surface area contributed by atoms with Crippen LogP contribution in [-0.4, -0.2) is 86.1 Å². The van der Waals surface area contributed by atoms with Crippen molar-refractivity contribution in [3.8, 4) is 29.4 Å². The van der Waals surface area contributed by atoms with E-state index in [4.69, 9.17) is 18.9 Å². The fraction of sp³-hybridized carbons (Fsp3) is 0.500. The van der Waals surface area contributed by atoms with E-state index < -0.39 is 53.8 Å². The maximum atomic E-state index is 14.9. The van der Waals surface area contributed by atoms with E-state index >= 15 is 0 Å².